The standard InChI is InChI=1S/C12H20O2SSi.C11H20OSSi/c1-12(2,3)16(4,5)14-8-10-6-11(7-13)15-9-10;1-11(2,3)14(4,5)12-8-10-6-7-13-9-10/h6-7,9H,8H2,1-5H3;6-7,9H,8H2,1-5H3. The molecule has 0 bridgehead atoms. The number of hydrogen-bond donors (Lipinski definition) is 0. The van der Waals surface area contributed by atoms with Crippen molar-refractivity contribution >= 4 is 45.6 Å². The second kappa shape index (κ2) is 10.8. The predicted molar refractivity (Wildman–Crippen MR) is 138 cm³/mol. The van der Waals surface area contributed by atoms with Gasteiger partial charge < -0.3 is 8.85 Å². The van der Waals surface area contributed by atoms with Crippen LogP contribution in [-0.4, -0.2) is 22.9 Å². The minimum Gasteiger partial charge on any atom is -0.413 e. The van der Waals surface area contributed by atoms with Gasteiger partial charge in [0.2, 0.25) is 0 Å². The quantitative estimate of drug-likeness (QED) is 0.292. The van der Waals surface area contributed by atoms with Gasteiger partial charge in [-0.05, 0) is 75.7 Å². The molecule has 0 aliphatic carbocycles. The predicted octanol–water partition coefficient (Wildman–Crippen LogP) is 8.35. The number of aldehydes is 1. The Balaban J connectivity index is 0.000000303. The van der Waals surface area contributed by atoms with Gasteiger partial charge in [0, 0.05) is 0 Å². The highest BCUT2D eigenvalue weighted by atomic mass is 32.1. The summed E-state index contributed by atoms with van der Waals surface area (Å²) in [5.74, 6) is 0. The Labute approximate surface area is 194 Å². The third kappa shape index (κ3) is 8.51. The second-order valence-electron chi connectivity index (χ2n) is 10.7. The summed E-state index contributed by atoms with van der Waals surface area (Å²) in [7, 11) is -3.23. The van der Waals surface area contributed by atoms with E-state index in [1.54, 1.807) is 11.3 Å². The van der Waals surface area contributed by atoms with Crippen molar-refractivity contribution in [2.75, 3.05) is 0 Å². The number of hydrogen-bond acceptors (Lipinski definition) is 5. The average molecular weight is 485 g/mol. The van der Waals surface area contributed by atoms with E-state index in [2.05, 4.69) is 84.6 Å². The van der Waals surface area contributed by atoms with Crippen LogP contribution in [0.3, 0.4) is 0 Å². The molecule has 0 radical (unpaired) electrons. The molecule has 0 unspecified atom stereocenters. The molecule has 30 heavy (non-hydrogen) atoms. The van der Waals surface area contributed by atoms with Crippen molar-refractivity contribution in [3.05, 3.63) is 44.3 Å². The van der Waals surface area contributed by atoms with Crippen molar-refractivity contribution in [3.63, 3.8) is 0 Å². The largest absolute Gasteiger partial charge is 0.413 e. The van der Waals surface area contributed by atoms with Crippen LogP contribution in [0.15, 0.2) is 28.3 Å². The molecule has 2 rings (SSSR count). The van der Waals surface area contributed by atoms with Crippen molar-refractivity contribution in [1.29, 1.82) is 0 Å². The van der Waals surface area contributed by atoms with Gasteiger partial charge in [-0.25, -0.2) is 0 Å². The van der Waals surface area contributed by atoms with E-state index in [0.717, 1.165) is 23.3 Å². The minimum absolute atomic E-state index is 0.233. The Morgan fingerprint density at radius 2 is 1.37 bits per heavy atom. The van der Waals surface area contributed by atoms with Gasteiger partial charge in [-0.2, -0.15) is 11.3 Å². The fourth-order valence-corrected chi connectivity index (χ4v) is 5.14. The highest BCUT2D eigenvalue weighted by Crippen LogP contribution is 2.38. The van der Waals surface area contributed by atoms with Crippen LogP contribution in [0.2, 0.25) is 36.3 Å². The number of thiophene rings is 2. The first-order chi connectivity index (χ1) is 13.6. The van der Waals surface area contributed by atoms with Gasteiger partial charge >= 0.3 is 0 Å². The Morgan fingerprint density at radius 3 is 1.73 bits per heavy atom. The summed E-state index contributed by atoms with van der Waals surface area (Å²) in [5, 5.41) is 6.80. The van der Waals surface area contributed by atoms with Gasteiger partial charge in [-0.15, -0.1) is 11.3 Å². The molecule has 0 aliphatic rings. The van der Waals surface area contributed by atoms with Crippen LogP contribution >= 0.6 is 22.7 Å². The van der Waals surface area contributed by atoms with E-state index in [1.165, 1.54) is 16.9 Å². The molecule has 2 aromatic heterocycles. The van der Waals surface area contributed by atoms with E-state index in [0.29, 0.717) is 11.6 Å². The van der Waals surface area contributed by atoms with Crippen LogP contribution in [0.5, 0.6) is 0 Å². The van der Waals surface area contributed by atoms with E-state index in [1.807, 2.05) is 11.4 Å². The van der Waals surface area contributed by atoms with Crippen molar-refractivity contribution in [2.24, 2.45) is 0 Å². The third-order valence-corrected chi connectivity index (χ3v) is 16.8. The third-order valence-electron chi connectivity index (χ3n) is 6.18. The molecule has 7 heteroatoms. The topological polar surface area (TPSA) is 35.5 Å². The molecule has 0 saturated carbocycles. The lowest BCUT2D eigenvalue weighted by Crippen LogP contribution is -2.40. The highest BCUT2D eigenvalue weighted by Gasteiger charge is 2.37. The first-order valence-electron chi connectivity index (χ1n) is 10.4. The van der Waals surface area contributed by atoms with Crippen LogP contribution in [-0.2, 0) is 22.1 Å². The lowest BCUT2D eigenvalue weighted by Gasteiger charge is -2.36. The summed E-state index contributed by atoms with van der Waals surface area (Å²) >= 11 is 3.21. The first-order valence-corrected chi connectivity index (χ1v) is 18.0. The molecule has 0 aromatic carbocycles. The molecule has 0 saturated heterocycles. The molecule has 2 aromatic rings. The van der Waals surface area contributed by atoms with Gasteiger partial charge in [-0.1, -0.05) is 41.5 Å². The van der Waals surface area contributed by atoms with Crippen LogP contribution < -0.4 is 0 Å². The molecule has 0 N–H and O–H groups in total. The Hall–Kier alpha value is -0.576. The maximum atomic E-state index is 10.6. The smallest absolute Gasteiger partial charge is 0.192 e. The van der Waals surface area contributed by atoms with Gasteiger partial charge in [0.15, 0.2) is 22.9 Å². The number of carbonyl (C=O) groups is 1. The van der Waals surface area contributed by atoms with E-state index < -0.39 is 16.6 Å². The van der Waals surface area contributed by atoms with Crippen molar-refractivity contribution in [2.45, 2.75) is 91.0 Å². The average Bonchev–Trinajstić information content (AvgIpc) is 3.28. The summed E-state index contributed by atoms with van der Waals surface area (Å²) in [6, 6.07) is 4.04. The van der Waals surface area contributed by atoms with Crippen LogP contribution in [0.4, 0.5) is 0 Å². The molecule has 2 heterocycles. The minimum atomic E-state index is -1.67. The van der Waals surface area contributed by atoms with Crippen molar-refractivity contribution in [3.8, 4) is 0 Å². The Bertz CT molecular complexity index is 767. The first kappa shape index (κ1) is 27.5. The van der Waals surface area contributed by atoms with Crippen LogP contribution in [0.1, 0.15) is 62.3 Å². The molecular weight excluding hydrogens is 445 g/mol. The SMILES string of the molecule is CC(C)(C)[Si](C)(C)OCc1ccsc1.CC(C)(C)[Si](C)(C)OCc1csc(C=O)c1. The maximum Gasteiger partial charge on any atom is 0.192 e. The van der Waals surface area contributed by atoms with E-state index in [9.17, 15) is 4.79 Å². The zero-order valence-electron chi connectivity index (χ0n) is 20.4. The molecule has 0 amide bonds. The van der Waals surface area contributed by atoms with Gasteiger partial charge in [0.05, 0.1) is 18.1 Å². The van der Waals surface area contributed by atoms with E-state index in [-0.39, 0.29) is 5.04 Å². The monoisotopic (exact) mass is 484 g/mol. The molecule has 0 spiro atoms. The maximum absolute atomic E-state index is 10.6. The van der Waals surface area contributed by atoms with E-state index >= 15 is 0 Å². The fraction of sp³-hybridized carbons (Fsp3) is 0.609. The van der Waals surface area contributed by atoms with Crippen LogP contribution in [0.25, 0.3) is 0 Å². The summed E-state index contributed by atoms with van der Waals surface area (Å²) in [5.41, 5.74) is 2.41. The lowest BCUT2D eigenvalue weighted by molar-refractivity contribution is 0.112. The number of rotatable bonds is 7. The Kier molecular flexibility index (Phi) is 9.91. The zero-order chi connectivity index (χ0) is 23.2. The van der Waals surface area contributed by atoms with Crippen LogP contribution in [0, 0.1) is 0 Å². The van der Waals surface area contributed by atoms with E-state index in [4.69, 9.17) is 8.85 Å². The molecule has 0 aliphatic heterocycles. The molecule has 3 nitrogen and oxygen atoms in total. The van der Waals surface area contributed by atoms with Gasteiger partial charge in [-0.3, -0.25) is 4.79 Å². The molecule has 0 fully saturated rings. The number of carbonyl (C=O) groups excluding carboxylic acids is 1. The van der Waals surface area contributed by atoms with Gasteiger partial charge in [0.25, 0.3) is 0 Å². The summed E-state index contributed by atoms with van der Waals surface area (Å²) in [4.78, 5) is 11.3. The lowest BCUT2D eigenvalue weighted by atomic mass is 10.2. The highest BCUT2D eigenvalue weighted by molar-refractivity contribution is 7.11. The van der Waals surface area contributed by atoms with Crippen molar-refractivity contribution in [1.82, 2.24) is 0 Å². The fourth-order valence-electron chi connectivity index (χ4n) is 1.87. The molecule has 170 valence electrons. The zero-order valence-corrected chi connectivity index (χ0v) is 24.1. The molecule has 0 atom stereocenters. The summed E-state index contributed by atoms with van der Waals surface area (Å²) in [6.07, 6.45) is 0.889. The summed E-state index contributed by atoms with van der Waals surface area (Å²) in [6.45, 7) is 23.9. The molecular formula is C23H40O3S2Si2. The Morgan fingerprint density at radius 1 is 0.867 bits per heavy atom. The van der Waals surface area contributed by atoms with Crippen molar-refractivity contribution < 1.29 is 13.6 Å². The normalized spacial score (nSPS) is 13.0. The summed E-state index contributed by atoms with van der Waals surface area (Å²) < 4.78 is 12.2. The second-order valence-corrected chi connectivity index (χ2v) is 22.0. The van der Waals surface area contributed by atoms with Gasteiger partial charge in [0.1, 0.15) is 0 Å².